The molecular weight excluding hydrogens is 274 g/mol. The van der Waals surface area contributed by atoms with Crippen LogP contribution in [0.15, 0.2) is 0 Å². The van der Waals surface area contributed by atoms with Gasteiger partial charge in [0.15, 0.2) is 5.82 Å². The fourth-order valence-electron chi connectivity index (χ4n) is 2.33. The third kappa shape index (κ3) is 4.72. The zero-order valence-electron chi connectivity index (χ0n) is 11.8. The number of likely N-dealkylation sites (tertiary alicyclic amines) is 1. The molecule has 1 amide bonds. The van der Waals surface area contributed by atoms with Gasteiger partial charge in [0, 0.05) is 19.0 Å². The Labute approximate surface area is 123 Å². The molecule has 8 nitrogen and oxygen atoms in total. The van der Waals surface area contributed by atoms with E-state index in [0.29, 0.717) is 25.4 Å². The highest BCUT2D eigenvalue weighted by Crippen LogP contribution is 2.20. The number of aromatic nitrogens is 4. The molecule has 8 heteroatoms. The molecule has 0 aliphatic carbocycles. The Morgan fingerprint density at radius 2 is 2.38 bits per heavy atom. The van der Waals surface area contributed by atoms with Crippen molar-refractivity contribution in [3.63, 3.8) is 0 Å². The van der Waals surface area contributed by atoms with E-state index in [-0.39, 0.29) is 25.3 Å². The summed E-state index contributed by atoms with van der Waals surface area (Å²) in [6, 6.07) is 0.0514. The lowest BCUT2D eigenvalue weighted by atomic mass is 10.00. The number of carbonyl (C=O) groups excluding carboxylic acids is 1. The third-order valence-electron chi connectivity index (χ3n) is 3.31. The monoisotopic (exact) mass is 293 g/mol. The van der Waals surface area contributed by atoms with Crippen molar-refractivity contribution in [1.82, 2.24) is 25.5 Å². The van der Waals surface area contributed by atoms with Crippen LogP contribution in [0.1, 0.15) is 25.1 Å². The van der Waals surface area contributed by atoms with E-state index in [0.717, 1.165) is 19.3 Å². The predicted molar refractivity (Wildman–Crippen MR) is 73.2 cm³/mol. The predicted octanol–water partition coefficient (Wildman–Crippen LogP) is 0.383. The molecule has 2 rings (SSSR count). The molecule has 1 unspecified atom stereocenters. The second-order valence-corrected chi connectivity index (χ2v) is 4.75. The van der Waals surface area contributed by atoms with E-state index in [1.807, 2.05) is 0 Å². The van der Waals surface area contributed by atoms with Gasteiger partial charge in [-0.2, -0.15) is 5.21 Å². The van der Waals surface area contributed by atoms with Crippen LogP contribution in [0.3, 0.4) is 0 Å². The number of hydrogen-bond donors (Lipinski definition) is 1. The van der Waals surface area contributed by atoms with Gasteiger partial charge in [0.1, 0.15) is 13.2 Å². The van der Waals surface area contributed by atoms with E-state index in [1.165, 1.54) is 0 Å². The van der Waals surface area contributed by atoms with E-state index in [4.69, 9.17) is 15.9 Å². The summed E-state index contributed by atoms with van der Waals surface area (Å²) in [7, 11) is 0. The first-order valence-corrected chi connectivity index (χ1v) is 6.98. The molecule has 1 N–H and O–H groups in total. The molecule has 1 fully saturated rings. The van der Waals surface area contributed by atoms with Crippen molar-refractivity contribution in [2.75, 3.05) is 26.4 Å². The number of rotatable bonds is 6. The first-order chi connectivity index (χ1) is 10.3. The van der Waals surface area contributed by atoms with Crippen molar-refractivity contribution in [1.29, 1.82) is 0 Å². The SMILES string of the molecule is C#CCOCCOC(=O)N1CCCCC1Cc1nn[nH]n1. The van der Waals surface area contributed by atoms with Gasteiger partial charge < -0.3 is 14.4 Å². The highest BCUT2D eigenvalue weighted by atomic mass is 16.6. The van der Waals surface area contributed by atoms with Gasteiger partial charge in [-0.3, -0.25) is 0 Å². The molecule has 2 heterocycles. The minimum absolute atomic E-state index is 0.0514. The Morgan fingerprint density at radius 1 is 1.48 bits per heavy atom. The standard InChI is InChI=1S/C13H19N5O3/c1-2-7-20-8-9-21-13(19)18-6-4-3-5-11(18)10-12-14-16-17-15-12/h1,11H,3-10H2,(H,14,15,16,17). The van der Waals surface area contributed by atoms with E-state index >= 15 is 0 Å². The lowest BCUT2D eigenvalue weighted by molar-refractivity contribution is 0.0473. The number of nitrogens with zero attached hydrogens (tertiary/aromatic N) is 4. The highest BCUT2D eigenvalue weighted by Gasteiger charge is 2.28. The van der Waals surface area contributed by atoms with Crippen LogP contribution in [-0.4, -0.2) is 64.0 Å². The summed E-state index contributed by atoms with van der Waals surface area (Å²) in [6.45, 7) is 1.42. The number of tetrazole rings is 1. The molecule has 1 saturated heterocycles. The molecule has 0 spiro atoms. The average molecular weight is 293 g/mol. The van der Waals surface area contributed by atoms with Crippen molar-refractivity contribution >= 4 is 6.09 Å². The molecule has 0 bridgehead atoms. The first-order valence-electron chi connectivity index (χ1n) is 6.98. The lowest BCUT2D eigenvalue weighted by Gasteiger charge is -2.34. The molecule has 1 aromatic heterocycles. The number of amides is 1. The fraction of sp³-hybridized carbons (Fsp3) is 0.692. The highest BCUT2D eigenvalue weighted by molar-refractivity contribution is 5.68. The maximum absolute atomic E-state index is 12.1. The molecule has 0 radical (unpaired) electrons. The Morgan fingerprint density at radius 3 is 3.14 bits per heavy atom. The van der Waals surface area contributed by atoms with Crippen LogP contribution in [0.25, 0.3) is 0 Å². The summed E-state index contributed by atoms with van der Waals surface area (Å²) >= 11 is 0. The van der Waals surface area contributed by atoms with Crippen molar-refractivity contribution in [3.8, 4) is 12.3 Å². The number of terminal acetylenes is 1. The van der Waals surface area contributed by atoms with Gasteiger partial charge in [-0.25, -0.2) is 4.79 Å². The molecule has 21 heavy (non-hydrogen) atoms. The van der Waals surface area contributed by atoms with Gasteiger partial charge in [0.05, 0.1) is 6.61 Å². The largest absolute Gasteiger partial charge is 0.447 e. The lowest BCUT2D eigenvalue weighted by Crippen LogP contribution is -2.45. The van der Waals surface area contributed by atoms with Crippen LogP contribution in [0.5, 0.6) is 0 Å². The zero-order chi connectivity index (χ0) is 14.9. The van der Waals surface area contributed by atoms with E-state index in [2.05, 4.69) is 26.5 Å². The summed E-state index contributed by atoms with van der Waals surface area (Å²) in [6.07, 6.45) is 8.29. The summed E-state index contributed by atoms with van der Waals surface area (Å²) in [5, 5.41) is 13.8. The van der Waals surface area contributed by atoms with Crippen LogP contribution in [0.2, 0.25) is 0 Å². The molecule has 0 saturated carbocycles. The second-order valence-electron chi connectivity index (χ2n) is 4.75. The number of ether oxygens (including phenoxy) is 2. The number of hydrogen-bond acceptors (Lipinski definition) is 6. The van der Waals surface area contributed by atoms with Crippen LogP contribution >= 0.6 is 0 Å². The van der Waals surface area contributed by atoms with Crippen molar-refractivity contribution in [2.45, 2.75) is 31.7 Å². The van der Waals surface area contributed by atoms with Crippen LogP contribution < -0.4 is 0 Å². The van der Waals surface area contributed by atoms with Gasteiger partial charge in [-0.15, -0.1) is 16.6 Å². The topological polar surface area (TPSA) is 93.2 Å². The zero-order valence-corrected chi connectivity index (χ0v) is 11.8. The van der Waals surface area contributed by atoms with Gasteiger partial charge in [0.2, 0.25) is 0 Å². The quantitative estimate of drug-likeness (QED) is 0.602. The molecule has 1 aromatic rings. The van der Waals surface area contributed by atoms with E-state index in [1.54, 1.807) is 4.90 Å². The van der Waals surface area contributed by atoms with Crippen molar-refractivity contribution < 1.29 is 14.3 Å². The molecule has 0 aromatic carbocycles. The third-order valence-corrected chi connectivity index (χ3v) is 3.31. The molecule has 1 aliphatic heterocycles. The Hall–Kier alpha value is -2.14. The number of carbonyl (C=O) groups is 1. The minimum Gasteiger partial charge on any atom is -0.447 e. The van der Waals surface area contributed by atoms with Crippen molar-refractivity contribution in [2.24, 2.45) is 0 Å². The van der Waals surface area contributed by atoms with Crippen LogP contribution in [0, 0.1) is 12.3 Å². The summed E-state index contributed by atoms with van der Waals surface area (Å²) in [5.74, 6) is 2.96. The van der Waals surface area contributed by atoms with E-state index in [9.17, 15) is 4.79 Å². The molecule has 1 atom stereocenters. The van der Waals surface area contributed by atoms with Gasteiger partial charge in [-0.05, 0) is 19.3 Å². The summed E-state index contributed by atoms with van der Waals surface area (Å²) < 4.78 is 10.3. The van der Waals surface area contributed by atoms with Gasteiger partial charge in [-0.1, -0.05) is 11.1 Å². The van der Waals surface area contributed by atoms with Crippen LogP contribution in [-0.2, 0) is 15.9 Å². The Kier molecular flexibility index (Phi) is 5.97. The van der Waals surface area contributed by atoms with Crippen LogP contribution in [0.4, 0.5) is 4.79 Å². The first kappa shape index (κ1) is 15.3. The average Bonchev–Trinajstić information content (AvgIpc) is 3.00. The molecule has 114 valence electrons. The van der Waals surface area contributed by atoms with Gasteiger partial charge >= 0.3 is 6.09 Å². The Balaban J connectivity index is 1.80. The fourth-order valence-corrected chi connectivity index (χ4v) is 2.33. The van der Waals surface area contributed by atoms with E-state index < -0.39 is 0 Å². The summed E-state index contributed by atoms with van der Waals surface area (Å²) in [4.78, 5) is 13.9. The minimum atomic E-state index is -0.326. The van der Waals surface area contributed by atoms with Crippen molar-refractivity contribution in [3.05, 3.63) is 5.82 Å². The number of piperidine rings is 1. The Bertz CT molecular complexity index is 471. The molecule has 1 aliphatic rings. The molecular formula is C13H19N5O3. The number of H-pyrrole nitrogens is 1. The maximum Gasteiger partial charge on any atom is 0.410 e. The van der Waals surface area contributed by atoms with Gasteiger partial charge in [0.25, 0.3) is 0 Å². The number of nitrogens with one attached hydrogen (secondary N) is 1. The maximum atomic E-state index is 12.1. The second kappa shape index (κ2) is 8.21. The smallest absolute Gasteiger partial charge is 0.410 e. The summed E-state index contributed by atoms with van der Waals surface area (Å²) in [5.41, 5.74) is 0. The normalized spacial score (nSPS) is 18.2. The number of aromatic amines is 1.